The van der Waals surface area contributed by atoms with E-state index in [1.807, 2.05) is 30.3 Å². The van der Waals surface area contributed by atoms with Crippen LogP contribution in [0.25, 0.3) is 16.9 Å². The maximum atomic E-state index is 12.3. The second kappa shape index (κ2) is 9.04. The third kappa shape index (κ3) is 4.43. The highest BCUT2D eigenvalue weighted by atomic mass is 79.9. The number of anilines is 1. The van der Waals surface area contributed by atoms with Gasteiger partial charge in [0.15, 0.2) is 5.65 Å². The standard InChI is InChI=1S/C21H16BrCl2N5O/c22-16-12-27-29-19(11-18(28-20(16)29)15-6-1-2-7-17(15)24)25-8-9-26-21(30)13-4-3-5-14(23)10-13/h1-7,10-12,25H,8-9H2,(H,26,30). The van der Waals surface area contributed by atoms with E-state index < -0.39 is 0 Å². The van der Waals surface area contributed by atoms with Crippen LogP contribution in [-0.2, 0) is 0 Å². The molecule has 0 aliphatic heterocycles. The predicted molar refractivity (Wildman–Crippen MR) is 123 cm³/mol. The molecule has 0 saturated heterocycles. The molecule has 1 amide bonds. The number of fused-ring (bicyclic) bond motifs is 1. The van der Waals surface area contributed by atoms with Crippen LogP contribution >= 0.6 is 39.1 Å². The number of aromatic nitrogens is 3. The van der Waals surface area contributed by atoms with Gasteiger partial charge in [0, 0.05) is 40.3 Å². The molecular weight excluding hydrogens is 489 g/mol. The molecule has 0 fully saturated rings. The Morgan fingerprint density at radius 3 is 2.70 bits per heavy atom. The molecule has 9 heteroatoms. The average molecular weight is 505 g/mol. The van der Waals surface area contributed by atoms with Gasteiger partial charge in [-0.05, 0) is 40.2 Å². The first kappa shape index (κ1) is 20.7. The minimum Gasteiger partial charge on any atom is -0.368 e. The van der Waals surface area contributed by atoms with Crippen LogP contribution in [0.3, 0.4) is 0 Å². The third-order valence-corrected chi connectivity index (χ3v) is 5.51. The van der Waals surface area contributed by atoms with Crippen LogP contribution in [-0.4, -0.2) is 33.6 Å². The molecule has 0 saturated carbocycles. The van der Waals surface area contributed by atoms with E-state index >= 15 is 0 Å². The van der Waals surface area contributed by atoms with Crippen LogP contribution in [0.2, 0.25) is 10.0 Å². The number of rotatable bonds is 6. The van der Waals surface area contributed by atoms with Crippen molar-refractivity contribution >= 4 is 56.5 Å². The Hall–Kier alpha value is -2.61. The third-order valence-electron chi connectivity index (χ3n) is 4.38. The van der Waals surface area contributed by atoms with Gasteiger partial charge in [-0.15, -0.1) is 0 Å². The zero-order valence-electron chi connectivity index (χ0n) is 15.6. The van der Waals surface area contributed by atoms with Crippen LogP contribution in [0, 0.1) is 0 Å². The van der Waals surface area contributed by atoms with Crippen molar-refractivity contribution in [3.8, 4) is 11.3 Å². The highest BCUT2D eigenvalue weighted by Gasteiger charge is 2.13. The van der Waals surface area contributed by atoms with Crippen molar-refractivity contribution in [1.82, 2.24) is 19.9 Å². The molecule has 0 radical (unpaired) electrons. The number of nitrogens with zero attached hydrogens (tertiary/aromatic N) is 3. The van der Waals surface area contributed by atoms with E-state index in [4.69, 9.17) is 23.2 Å². The Morgan fingerprint density at radius 1 is 1.07 bits per heavy atom. The van der Waals surface area contributed by atoms with Gasteiger partial charge in [0.1, 0.15) is 5.82 Å². The summed E-state index contributed by atoms with van der Waals surface area (Å²) in [4.78, 5) is 16.9. The Bertz CT molecular complexity index is 1230. The zero-order chi connectivity index (χ0) is 21.1. The first-order chi connectivity index (χ1) is 14.5. The molecule has 30 heavy (non-hydrogen) atoms. The minimum atomic E-state index is -0.183. The van der Waals surface area contributed by atoms with Gasteiger partial charge in [0.2, 0.25) is 0 Å². The summed E-state index contributed by atoms with van der Waals surface area (Å²) in [6.07, 6.45) is 1.69. The van der Waals surface area contributed by atoms with Gasteiger partial charge in [0.05, 0.1) is 16.4 Å². The lowest BCUT2D eigenvalue weighted by Gasteiger charge is -2.12. The van der Waals surface area contributed by atoms with E-state index in [1.54, 1.807) is 35.0 Å². The van der Waals surface area contributed by atoms with E-state index in [2.05, 4.69) is 36.6 Å². The molecule has 0 aliphatic rings. The molecule has 2 N–H and O–H groups in total. The van der Waals surface area contributed by atoms with Gasteiger partial charge >= 0.3 is 0 Å². The Balaban J connectivity index is 1.51. The first-order valence-corrected chi connectivity index (χ1v) is 10.6. The maximum Gasteiger partial charge on any atom is 0.251 e. The fourth-order valence-electron chi connectivity index (χ4n) is 2.97. The number of halogens is 3. The van der Waals surface area contributed by atoms with Gasteiger partial charge in [-0.25, -0.2) is 4.98 Å². The topological polar surface area (TPSA) is 71.3 Å². The summed E-state index contributed by atoms with van der Waals surface area (Å²) in [6.45, 7) is 0.907. The summed E-state index contributed by atoms with van der Waals surface area (Å²) in [6, 6.07) is 16.2. The van der Waals surface area contributed by atoms with E-state index in [9.17, 15) is 4.79 Å². The minimum absolute atomic E-state index is 0.183. The van der Waals surface area contributed by atoms with Crippen molar-refractivity contribution in [1.29, 1.82) is 0 Å². The normalized spacial score (nSPS) is 10.9. The molecule has 4 aromatic rings. The summed E-state index contributed by atoms with van der Waals surface area (Å²) < 4.78 is 2.47. The van der Waals surface area contributed by atoms with Crippen LogP contribution < -0.4 is 10.6 Å². The quantitative estimate of drug-likeness (QED) is 0.349. The largest absolute Gasteiger partial charge is 0.368 e. The molecule has 6 nitrogen and oxygen atoms in total. The van der Waals surface area contributed by atoms with E-state index in [1.165, 1.54) is 0 Å². The second-order valence-electron chi connectivity index (χ2n) is 6.43. The van der Waals surface area contributed by atoms with Crippen LogP contribution in [0.1, 0.15) is 10.4 Å². The smallest absolute Gasteiger partial charge is 0.251 e. The first-order valence-electron chi connectivity index (χ1n) is 9.10. The van der Waals surface area contributed by atoms with Crippen molar-refractivity contribution in [2.75, 3.05) is 18.4 Å². The van der Waals surface area contributed by atoms with Gasteiger partial charge in [-0.1, -0.05) is 47.5 Å². The number of carbonyl (C=O) groups is 1. The number of benzene rings is 2. The maximum absolute atomic E-state index is 12.3. The molecule has 0 spiro atoms. The Labute approximate surface area is 191 Å². The van der Waals surface area contributed by atoms with Crippen molar-refractivity contribution in [2.24, 2.45) is 0 Å². The van der Waals surface area contributed by atoms with E-state index in [0.29, 0.717) is 34.3 Å². The molecule has 2 aromatic heterocycles. The van der Waals surface area contributed by atoms with Gasteiger partial charge in [0.25, 0.3) is 5.91 Å². The van der Waals surface area contributed by atoms with Crippen LogP contribution in [0.15, 0.2) is 65.3 Å². The fourth-order valence-corrected chi connectivity index (χ4v) is 3.74. The highest BCUT2D eigenvalue weighted by Crippen LogP contribution is 2.30. The number of hydrogen-bond acceptors (Lipinski definition) is 4. The number of amides is 1. The Kier molecular flexibility index (Phi) is 6.22. The number of hydrogen-bond donors (Lipinski definition) is 2. The molecular formula is C21H16BrCl2N5O. The molecule has 0 aliphatic carbocycles. The van der Waals surface area contributed by atoms with Gasteiger partial charge < -0.3 is 10.6 Å². The molecule has 0 atom stereocenters. The van der Waals surface area contributed by atoms with E-state index in [-0.39, 0.29) is 5.91 Å². The molecule has 4 rings (SSSR count). The molecule has 0 bridgehead atoms. The van der Waals surface area contributed by atoms with Crippen molar-refractivity contribution in [3.63, 3.8) is 0 Å². The number of nitrogens with one attached hydrogen (secondary N) is 2. The SMILES string of the molecule is O=C(NCCNc1cc(-c2ccccc2Cl)nc2c(Br)cnn12)c1cccc(Cl)c1. The molecule has 152 valence electrons. The summed E-state index contributed by atoms with van der Waals surface area (Å²) in [5.74, 6) is 0.551. The van der Waals surface area contributed by atoms with Gasteiger partial charge in [-0.3, -0.25) is 4.79 Å². The molecule has 0 unspecified atom stereocenters. The monoisotopic (exact) mass is 503 g/mol. The predicted octanol–water partition coefficient (Wildman–Crippen LogP) is 5.31. The van der Waals surface area contributed by atoms with E-state index in [0.717, 1.165) is 21.5 Å². The average Bonchev–Trinajstić information content (AvgIpc) is 3.12. The van der Waals surface area contributed by atoms with Gasteiger partial charge in [-0.2, -0.15) is 9.61 Å². The van der Waals surface area contributed by atoms with Crippen molar-refractivity contribution < 1.29 is 4.79 Å². The highest BCUT2D eigenvalue weighted by molar-refractivity contribution is 9.10. The zero-order valence-corrected chi connectivity index (χ0v) is 18.7. The van der Waals surface area contributed by atoms with Crippen molar-refractivity contribution in [2.45, 2.75) is 0 Å². The lowest BCUT2D eigenvalue weighted by molar-refractivity contribution is 0.0955. The summed E-state index contributed by atoms with van der Waals surface area (Å²) >= 11 is 15.8. The molecule has 2 aromatic carbocycles. The van der Waals surface area contributed by atoms with Crippen molar-refractivity contribution in [3.05, 3.63) is 80.9 Å². The lowest BCUT2D eigenvalue weighted by Crippen LogP contribution is -2.29. The number of carbonyl (C=O) groups excluding carboxylic acids is 1. The summed E-state index contributed by atoms with van der Waals surface area (Å²) in [5.41, 5.74) is 2.73. The van der Waals surface area contributed by atoms with Crippen LogP contribution in [0.5, 0.6) is 0 Å². The fraction of sp³-hybridized carbons (Fsp3) is 0.0952. The lowest BCUT2D eigenvalue weighted by atomic mass is 10.1. The molecule has 2 heterocycles. The summed E-state index contributed by atoms with van der Waals surface area (Å²) in [7, 11) is 0. The second-order valence-corrected chi connectivity index (χ2v) is 8.13. The Morgan fingerprint density at radius 2 is 1.90 bits per heavy atom. The summed E-state index contributed by atoms with van der Waals surface area (Å²) in [5, 5.41) is 11.7. The van der Waals surface area contributed by atoms with Crippen LogP contribution in [0.4, 0.5) is 5.82 Å².